The molecule has 1 aliphatic heterocycles. The fraction of sp³-hybridized carbons (Fsp3) is 0.600. The van der Waals surface area contributed by atoms with Gasteiger partial charge in [0.2, 0.25) is 11.8 Å². The highest BCUT2D eigenvalue weighted by molar-refractivity contribution is 5.90. The number of piperidine rings is 1. The van der Waals surface area contributed by atoms with Gasteiger partial charge in [-0.25, -0.2) is 5.48 Å². The Kier molecular flexibility index (Phi) is 5.63. The Hall–Kier alpha value is -1.92. The molecule has 1 saturated heterocycles. The minimum absolute atomic E-state index is 0.0374. The van der Waals surface area contributed by atoms with Gasteiger partial charge in [0.25, 0.3) is 0 Å². The van der Waals surface area contributed by atoms with Gasteiger partial charge in [0.1, 0.15) is 6.04 Å². The van der Waals surface area contributed by atoms with E-state index in [4.69, 9.17) is 5.21 Å². The van der Waals surface area contributed by atoms with Crippen LogP contribution in [0.25, 0.3) is 0 Å². The van der Waals surface area contributed by atoms with Crippen molar-refractivity contribution in [2.24, 2.45) is 11.3 Å². The molecule has 142 valence electrons. The molecule has 0 aromatic heterocycles. The zero-order valence-corrected chi connectivity index (χ0v) is 15.6. The summed E-state index contributed by atoms with van der Waals surface area (Å²) in [5.41, 5.74) is 3.19. The Morgan fingerprint density at radius 1 is 1.31 bits per heavy atom. The van der Waals surface area contributed by atoms with E-state index in [-0.39, 0.29) is 11.3 Å². The van der Waals surface area contributed by atoms with Crippen molar-refractivity contribution >= 4 is 11.8 Å². The average molecular weight is 359 g/mol. The molecule has 1 aromatic carbocycles. The molecular formula is C20H29N3O3. The molecule has 0 unspecified atom stereocenters. The Morgan fingerprint density at radius 3 is 2.62 bits per heavy atom. The number of hydrogen-bond donors (Lipinski definition) is 2. The fourth-order valence-electron chi connectivity index (χ4n) is 4.30. The van der Waals surface area contributed by atoms with Gasteiger partial charge in [-0.1, -0.05) is 30.3 Å². The lowest BCUT2D eigenvalue weighted by Crippen LogP contribution is -2.58. The van der Waals surface area contributed by atoms with Gasteiger partial charge in [-0.2, -0.15) is 0 Å². The largest absolute Gasteiger partial charge is 0.344 e. The molecule has 1 aromatic rings. The normalized spacial score (nSPS) is 24.3. The predicted molar refractivity (Wildman–Crippen MR) is 98.5 cm³/mol. The lowest BCUT2D eigenvalue weighted by Gasteiger charge is -2.42. The maximum atomic E-state index is 13.0. The molecule has 6 heteroatoms. The molecule has 2 N–H and O–H groups in total. The van der Waals surface area contributed by atoms with Crippen LogP contribution in [0.4, 0.5) is 0 Å². The second-order valence-corrected chi connectivity index (χ2v) is 8.00. The van der Waals surface area contributed by atoms with Crippen LogP contribution in [0.3, 0.4) is 0 Å². The smallest absolute Gasteiger partial charge is 0.248 e. The first-order valence-corrected chi connectivity index (χ1v) is 9.39. The van der Waals surface area contributed by atoms with Crippen LogP contribution >= 0.6 is 0 Å². The summed E-state index contributed by atoms with van der Waals surface area (Å²) in [7, 11) is 3.72. The number of aryl methyl sites for hydroxylation is 1. The zero-order valence-electron chi connectivity index (χ0n) is 15.6. The van der Waals surface area contributed by atoms with Crippen molar-refractivity contribution in [3.8, 4) is 0 Å². The first-order valence-electron chi connectivity index (χ1n) is 9.39. The predicted octanol–water partition coefficient (Wildman–Crippen LogP) is 1.68. The van der Waals surface area contributed by atoms with Crippen LogP contribution in [0, 0.1) is 11.3 Å². The molecule has 1 saturated carbocycles. The first kappa shape index (κ1) is 18.9. The number of nitrogens with one attached hydrogen (secondary N) is 1. The van der Waals surface area contributed by atoms with Gasteiger partial charge in [0.15, 0.2) is 0 Å². The van der Waals surface area contributed by atoms with Gasteiger partial charge in [0.05, 0.1) is 5.92 Å². The van der Waals surface area contributed by atoms with Crippen LogP contribution in [0.2, 0.25) is 0 Å². The van der Waals surface area contributed by atoms with Crippen LogP contribution < -0.4 is 5.48 Å². The Bertz CT molecular complexity index is 645. The molecule has 6 nitrogen and oxygen atoms in total. The van der Waals surface area contributed by atoms with Crippen LogP contribution in [0.5, 0.6) is 0 Å². The maximum Gasteiger partial charge on any atom is 0.248 e. The maximum absolute atomic E-state index is 13.0. The van der Waals surface area contributed by atoms with Crippen LogP contribution in [-0.4, -0.2) is 60.0 Å². The van der Waals surface area contributed by atoms with Gasteiger partial charge in [-0.15, -0.1) is 0 Å². The highest BCUT2D eigenvalue weighted by Gasteiger charge is 2.54. The second kappa shape index (κ2) is 7.76. The van der Waals surface area contributed by atoms with E-state index in [1.54, 1.807) is 17.4 Å². The van der Waals surface area contributed by atoms with Crippen LogP contribution in [0.1, 0.15) is 31.2 Å². The number of benzene rings is 1. The van der Waals surface area contributed by atoms with E-state index >= 15 is 0 Å². The van der Waals surface area contributed by atoms with Crippen molar-refractivity contribution in [1.82, 2.24) is 15.3 Å². The molecule has 1 heterocycles. The topological polar surface area (TPSA) is 72.9 Å². The molecular weight excluding hydrogens is 330 g/mol. The molecule has 0 bridgehead atoms. The van der Waals surface area contributed by atoms with E-state index in [1.165, 1.54) is 5.56 Å². The number of nitrogens with zero attached hydrogens (tertiary/aromatic N) is 2. The quantitative estimate of drug-likeness (QED) is 0.599. The number of rotatable bonds is 6. The van der Waals surface area contributed by atoms with E-state index in [1.807, 2.05) is 30.1 Å². The summed E-state index contributed by atoms with van der Waals surface area (Å²) < 4.78 is 0. The standard InChI is InChI=1S/C20H29N3O3/c1-22(12-6-9-15-7-4-3-5-8-15)19(25)17-16(18(24)21-26)13-20(10-11-20)14-23(17)2/h3-5,7-8,16-17,26H,6,9-14H2,1-2H3,(H,21,24)/t16-,17-/m0/s1. The number of carbonyl (C=O) groups is 2. The van der Waals surface area contributed by atoms with E-state index in [9.17, 15) is 9.59 Å². The zero-order chi connectivity index (χ0) is 18.7. The minimum Gasteiger partial charge on any atom is -0.344 e. The van der Waals surface area contributed by atoms with Gasteiger partial charge in [-0.3, -0.25) is 19.7 Å². The van der Waals surface area contributed by atoms with Crippen molar-refractivity contribution in [2.45, 2.75) is 38.1 Å². The van der Waals surface area contributed by atoms with Gasteiger partial charge >= 0.3 is 0 Å². The Labute approximate surface area is 155 Å². The number of amides is 2. The van der Waals surface area contributed by atoms with Crippen molar-refractivity contribution in [1.29, 1.82) is 0 Å². The highest BCUT2D eigenvalue weighted by Crippen LogP contribution is 2.54. The summed E-state index contributed by atoms with van der Waals surface area (Å²) in [5, 5.41) is 9.13. The SMILES string of the molecule is CN(CCCc1ccccc1)C(=O)[C@@H]1[C@@H](C(=O)NO)CC2(CC2)CN1C. The van der Waals surface area contributed by atoms with Crippen LogP contribution in [0.15, 0.2) is 30.3 Å². The van der Waals surface area contributed by atoms with Crippen molar-refractivity contribution < 1.29 is 14.8 Å². The third kappa shape index (κ3) is 4.07. The number of likely N-dealkylation sites (tertiary alicyclic amines) is 1. The third-order valence-electron chi connectivity index (χ3n) is 5.93. The van der Waals surface area contributed by atoms with Gasteiger partial charge in [0, 0.05) is 20.1 Å². The molecule has 2 amide bonds. The van der Waals surface area contributed by atoms with E-state index in [0.29, 0.717) is 13.0 Å². The summed E-state index contributed by atoms with van der Waals surface area (Å²) in [6.45, 7) is 1.49. The van der Waals surface area contributed by atoms with Gasteiger partial charge < -0.3 is 4.90 Å². The van der Waals surface area contributed by atoms with Gasteiger partial charge in [-0.05, 0) is 50.1 Å². The van der Waals surface area contributed by atoms with E-state index in [2.05, 4.69) is 12.1 Å². The van der Waals surface area contributed by atoms with Crippen molar-refractivity contribution in [2.75, 3.05) is 27.2 Å². The Morgan fingerprint density at radius 2 is 2.00 bits per heavy atom. The third-order valence-corrected chi connectivity index (χ3v) is 5.93. The molecule has 2 aliphatic rings. The van der Waals surface area contributed by atoms with Crippen molar-refractivity contribution in [3.05, 3.63) is 35.9 Å². The lowest BCUT2D eigenvalue weighted by atomic mass is 9.80. The molecule has 1 spiro atoms. The molecule has 2 fully saturated rings. The summed E-state index contributed by atoms with van der Waals surface area (Å²) in [5.74, 6) is -0.978. The van der Waals surface area contributed by atoms with Crippen molar-refractivity contribution in [3.63, 3.8) is 0 Å². The fourth-order valence-corrected chi connectivity index (χ4v) is 4.30. The van der Waals surface area contributed by atoms with E-state index in [0.717, 1.165) is 32.2 Å². The molecule has 3 rings (SSSR count). The highest BCUT2D eigenvalue weighted by atomic mass is 16.5. The molecule has 2 atom stereocenters. The summed E-state index contributed by atoms with van der Waals surface area (Å²) in [6, 6.07) is 9.72. The number of hydrogen-bond acceptors (Lipinski definition) is 4. The monoisotopic (exact) mass is 359 g/mol. The van der Waals surface area contributed by atoms with Crippen LogP contribution in [-0.2, 0) is 16.0 Å². The Balaban J connectivity index is 1.61. The number of carbonyl (C=O) groups excluding carboxylic acids is 2. The minimum atomic E-state index is -0.505. The first-order chi connectivity index (χ1) is 12.5. The number of hydroxylamine groups is 1. The summed E-state index contributed by atoms with van der Waals surface area (Å²) >= 11 is 0. The summed E-state index contributed by atoms with van der Waals surface area (Å²) in [6.07, 6.45) is 4.67. The molecule has 26 heavy (non-hydrogen) atoms. The summed E-state index contributed by atoms with van der Waals surface area (Å²) in [4.78, 5) is 29.0. The second-order valence-electron chi connectivity index (χ2n) is 8.00. The lowest BCUT2D eigenvalue weighted by molar-refractivity contribution is -0.149. The molecule has 0 radical (unpaired) electrons. The van der Waals surface area contributed by atoms with E-state index < -0.39 is 17.9 Å². The average Bonchev–Trinajstić information content (AvgIpc) is 3.39. The number of likely N-dealkylation sites (N-methyl/N-ethyl adjacent to an activating group) is 2. The molecule has 1 aliphatic carbocycles.